The van der Waals surface area contributed by atoms with E-state index in [9.17, 15) is 0 Å². The molecule has 2 nitrogen and oxygen atoms in total. The van der Waals surface area contributed by atoms with E-state index in [2.05, 4.69) is 41.5 Å². The highest BCUT2D eigenvalue weighted by atomic mass is 15.0. The van der Waals surface area contributed by atoms with Crippen LogP contribution in [-0.2, 0) is 6.42 Å². The lowest BCUT2D eigenvalue weighted by atomic mass is 10.1. The predicted molar refractivity (Wildman–Crippen MR) is 67.6 cm³/mol. The van der Waals surface area contributed by atoms with Crippen LogP contribution in [0.2, 0.25) is 0 Å². The summed E-state index contributed by atoms with van der Waals surface area (Å²) in [7, 11) is 0. The van der Waals surface area contributed by atoms with Gasteiger partial charge in [-0.15, -0.1) is 0 Å². The minimum absolute atomic E-state index is 0.917. The summed E-state index contributed by atoms with van der Waals surface area (Å²) in [5.41, 5.74) is 2.66. The average Bonchev–Trinajstić information content (AvgIpc) is 2.33. The molecule has 16 heavy (non-hydrogen) atoms. The number of rotatable bonds is 4. The zero-order valence-electron chi connectivity index (χ0n) is 9.48. The highest BCUT2D eigenvalue weighted by Gasteiger charge is 1.93. The second-order valence-electron chi connectivity index (χ2n) is 3.88. The smallest absolute Gasteiger partial charge is 0.125 e. The fourth-order valence-corrected chi connectivity index (χ4v) is 1.56. The molecule has 0 unspecified atom stereocenters. The fraction of sp³-hybridized carbons (Fsp3) is 0.214. The quantitative estimate of drug-likeness (QED) is 0.842. The molecule has 0 saturated carbocycles. The molecule has 2 heteroatoms. The Hall–Kier alpha value is -1.83. The molecule has 2 aromatic rings. The molecular weight excluding hydrogens is 196 g/mol. The number of nitrogens with one attached hydrogen (secondary N) is 1. The van der Waals surface area contributed by atoms with Crippen LogP contribution in [0.4, 0.5) is 5.82 Å². The number of pyridine rings is 1. The molecule has 0 aliphatic carbocycles. The van der Waals surface area contributed by atoms with Crippen molar-refractivity contribution in [3.63, 3.8) is 0 Å². The Balaban J connectivity index is 1.82. The topological polar surface area (TPSA) is 24.9 Å². The van der Waals surface area contributed by atoms with E-state index in [1.54, 1.807) is 6.20 Å². The first-order valence-electron chi connectivity index (χ1n) is 5.55. The summed E-state index contributed by atoms with van der Waals surface area (Å²) < 4.78 is 0. The largest absolute Gasteiger partial charge is 0.370 e. The molecule has 0 bridgehead atoms. The van der Waals surface area contributed by atoms with Crippen molar-refractivity contribution >= 4 is 5.82 Å². The number of benzene rings is 1. The van der Waals surface area contributed by atoms with Crippen molar-refractivity contribution < 1.29 is 0 Å². The third kappa shape index (κ3) is 3.09. The van der Waals surface area contributed by atoms with E-state index in [4.69, 9.17) is 0 Å². The number of hydrogen-bond acceptors (Lipinski definition) is 2. The van der Waals surface area contributed by atoms with E-state index >= 15 is 0 Å². The van der Waals surface area contributed by atoms with Crippen LogP contribution in [0, 0.1) is 6.92 Å². The Morgan fingerprint density at radius 3 is 2.56 bits per heavy atom. The lowest BCUT2D eigenvalue weighted by Crippen LogP contribution is -2.05. The Bertz CT molecular complexity index is 420. The molecule has 1 aromatic heterocycles. The average molecular weight is 212 g/mol. The van der Waals surface area contributed by atoms with Crippen molar-refractivity contribution in [3.8, 4) is 0 Å². The molecule has 1 aromatic carbocycles. The lowest BCUT2D eigenvalue weighted by Gasteiger charge is -2.05. The summed E-state index contributed by atoms with van der Waals surface area (Å²) in [6, 6.07) is 14.5. The SMILES string of the molecule is Cc1ccc(CCNc2ccccn2)cc1. The van der Waals surface area contributed by atoms with Gasteiger partial charge in [0.25, 0.3) is 0 Å². The van der Waals surface area contributed by atoms with E-state index < -0.39 is 0 Å². The van der Waals surface area contributed by atoms with Gasteiger partial charge in [0.15, 0.2) is 0 Å². The molecule has 1 heterocycles. The Morgan fingerprint density at radius 1 is 1.06 bits per heavy atom. The zero-order valence-corrected chi connectivity index (χ0v) is 9.48. The number of anilines is 1. The minimum atomic E-state index is 0.917. The van der Waals surface area contributed by atoms with E-state index in [0.717, 1.165) is 18.8 Å². The fourth-order valence-electron chi connectivity index (χ4n) is 1.56. The molecular formula is C14H16N2. The summed E-state index contributed by atoms with van der Waals surface area (Å²) in [4.78, 5) is 4.21. The van der Waals surface area contributed by atoms with Gasteiger partial charge in [-0.05, 0) is 31.0 Å². The van der Waals surface area contributed by atoms with E-state index in [1.165, 1.54) is 11.1 Å². The van der Waals surface area contributed by atoms with Gasteiger partial charge in [-0.1, -0.05) is 35.9 Å². The number of aromatic nitrogens is 1. The normalized spacial score (nSPS) is 10.1. The maximum Gasteiger partial charge on any atom is 0.125 e. The second-order valence-corrected chi connectivity index (χ2v) is 3.88. The summed E-state index contributed by atoms with van der Waals surface area (Å²) in [5, 5.41) is 3.30. The van der Waals surface area contributed by atoms with Gasteiger partial charge in [0.1, 0.15) is 5.82 Å². The Labute approximate surface area is 96.4 Å². The summed E-state index contributed by atoms with van der Waals surface area (Å²) >= 11 is 0. The Kier molecular flexibility index (Phi) is 3.54. The lowest BCUT2D eigenvalue weighted by molar-refractivity contribution is 1.01. The number of nitrogens with zero attached hydrogens (tertiary/aromatic N) is 1. The van der Waals surface area contributed by atoms with Crippen molar-refractivity contribution in [2.24, 2.45) is 0 Å². The first kappa shape index (κ1) is 10.7. The molecule has 0 aliphatic rings. The molecule has 0 amide bonds. The molecule has 0 aliphatic heterocycles. The van der Waals surface area contributed by atoms with Crippen LogP contribution >= 0.6 is 0 Å². The third-order valence-electron chi connectivity index (χ3n) is 2.51. The van der Waals surface area contributed by atoms with Gasteiger partial charge in [0, 0.05) is 12.7 Å². The van der Waals surface area contributed by atoms with E-state index in [0.29, 0.717) is 0 Å². The predicted octanol–water partition coefficient (Wildman–Crippen LogP) is 3.04. The highest BCUT2D eigenvalue weighted by molar-refractivity contribution is 5.33. The van der Waals surface area contributed by atoms with Crippen LogP contribution in [0.1, 0.15) is 11.1 Å². The van der Waals surface area contributed by atoms with Crippen LogP contribution in [0.5, 0.6) is 0 Å². The summed E-state index contributed by atoms with van der Waals surface area (Å²) in [6.45, 7) is 3.02. The summed E-state index contributed by atoms with van der Waals surface area (Å²) in [5.74, 6) is 0.939. The van der Waals surface area contributed by atoms with Crippen molar-refractivity contribution in [1.29, 1.82) is 0 Å². The zero-order chi connectivity index (χ0) is 11.2. The Morgan fingerprint density at radius 2 is 1.88 bits per heavy atom. The molecule has 0 spiro atoms. The van der Waals surface area contributed by atoms with Crippen LogP contribution in [-0.4, -0.2) is 11.5 Å². The standard InChI is InChI=1S/C14H16N2/c1-12-5-7-13(8-6-12)9-11-16-14-4-2-3-10-15-14/h2-8,10H,9,11H2,1H3,(H,15,16). The van der Waals surface area contributed by atoms with Crippen LogP contribution in [0.15, 0.2) is 48.7 Å². The van der Waals surface area contributed by atoms with Crippen LogP contribution in [0.25, 0.3) is 0 Å². The third-order valence-corrected chi connectivity index (χ3v) is 2.51. The maximum atomic E-state index is 4.21. The monoisotopic (exact) mass is 212 g/mol. The molecule has 1 N–H and O–H groups in total. The van der Waals surface area contributed by atoms with Crippen LogP contribution < -0.4 is 5.32 Å². The second kappa shape index (κ2) is 5.31. The maximum absolute atomic E-state index is 4.21. The van der Waals surface area contributed by atoms with E-state index in [1.807, 2.05) is 18.2 Å². The highest BCUT2D eigenvalue weighted by Crippen LogP contribution is 2.05. The van der Waals surface area contributed by atoms with Gasteiger partial charge in [-0.3, -0.25) is 0 Å². The van der Waals surface area contributed by atoms with Crippen molar-refractivity contribution in [1.82, 2.24) is 4.98 Å². The van der Waals surface area contributed by atoms with E-state index in [-0.39, 0.29) is 0 Å². The molecule has 0 saturated heterocycles. The molecule has 0 atom stereocenters. The molecule has 2 rings (SSSR count). The summed E-state index contributed by atoms with van der Waals surface area (Å²) in [6.07, 6.45) is 2.82. The molecule has 82 valence electrons. The minimum Gasteiger partial charge on any atom is -0.370 e. The van der Waals surface area contributed by atoms with Gasteiger partial charge < -0.3 is 5.32 Å². The number of hydrogen-bond donors (Lipinski definition) is 1. The molecule has 0 radical (unpaired) electrons. The van der Waals surface area contributed by atoms with Crippen molar-refractivity contribution in [2.75, 3.05) is 11.9 Å². The first-order chi connectivity index (χ1) is 7.84. The van der Waals surface area contributed by atoms with Crippen LogP contribution in [0.3, 0.4) is 0 Å². The van der Waals surface area contributed by atoms with Gasteiger partial charge in [0.2, 0.25) is 0 Å². The van der Waals surface area contributed by atoms with Crippen molar-refractivity contribution in [2.45, 2.75) is 13.3 Å². The first-order valence-corrected chi connectivity index (χ1v) is 5.55. The van der Waals surface area contributed by atoms with Gasteiger partial charge in [-0.25, -0.2) is 4.98 Å². The van der Waals surface area contributed by atoms with Gasteiger partial charge in [-0.2, -0.15) is 0 Å². The van der Waals surface area contributed by atoms with Gasteiger partial charge in [0.05, 0.1) is 0 Å². The number of aryl methyl sites for hydroxylation is 1. The van der Waals surface area contributed by atoms with Gasteiger partial charge >= 0.3 is 0 Å². The van der Waals surface area contributed by atoms with Crippen molar-refractivity contribution in [3.05, 3.63) is 59.8 Å². The molecule has 0 fully saturated rings.